The number of pyridine rings is 1. The predicted octanol–water partition coefficient (Wildman–Crippen LogP) is 2.29. The molecule has 3 aromatic heterocycles. The van der Waals surface area contributed by atoms with Crippen molar-refractivity contribution in [3.05, 3.63) is 49.9 Å². The van der Waals surface area contributed by atoms with Gasteiger partial charge in [0.15, 0.2) is 5.65 Å². The van der Waals surface area contributed by atoms with E-state index in [2.05, 4.69) is 26.5 Å². The molecule has 0 aliphatic heterocycles. The molecule has 3 rings (SSSR count). The van der Waals surface area contributed by atoms with Crippen LogP contribution in [-0.4, -0.2) is 30.2 Å². The normalized spacial score (nSPS) is 11.1. The summed E-state index contributed by atoms with van der Waals surface area (Å²) in [5.74, 6) is -0.115. The molecule has 0 spiro atoms. The van der Waals surface area contributed by atoms with E-state index < -0.39 is 17.2 Å². The summed E-state index contributed by atoms with van der Waals surface area (Å²) in [6.07, 6.45) is 0.899. The van der Waals surface area contributed by atoms with E-state index in [0.717, 1.165) is 0 Å². The summed E-state index contributed by atoms with van der Waals surface area (Å²) in [6, 6.07) is 5.33. The predicted molar refractivity (Wildman–Crippen MR) is 116 cm³/mol. The Balaban J connectivity index is 2.19. The Morgan fingerprint density at radius 3 is 2.68 bits per heavy atom. The van der Waals surface area contributed by atoms with E-state index in [9.17, 15) is 14.4 Å². The Morgan fingerprint density at radius 1 is 1.29 bits per heavy atom. The molecule has 0 aliphatic rings. The van der Waals surface area contributed by atoms with Gasteiger partial charge in [-0.2, -0.15) is 10.4 Å². The Hall–Kier alpha value is -3.74. The van der Waals surface area contributed by atoms with Gasteiger partial charge >= 0.3 is 5.69 Å². The number of hydrogen-bond acceptors (Lipinski definition) is 6. The third kappa shape index (κ3) is 4.40. The standard InChI is InChI=1S/C21H25N7O3/c1-5-8-27-18-17(20(30)25-21(27)31)14(11-15(23-18)12(2)3)19(29)24-16-10-13(4)26-28(16)9-6-7-22/h10-12H,5-6,8-9H2,1-4H3,(H,24,29)(H,25,30,31). The number of aromatic amines is 1. The Kier molecular flexibility index (Phi) is 6.34. The van der Waals surface area contributed by atoms with Gasteiger partial charge in [-0.1, -0.05) is 20.8 Å². The third-order valence-electron chi connectivity index (χ3n) is 4.83. The minimum atomic E-state index is -0.658. The molecule has 0 radical (unpaired) electrons. The smallest absolute Gasteiger partial charge is 0.307 e. The van der Waals surface area contributed by atoms with Crippen LogP contribution in [0.3, 0.4) is 0 Å². The van der Waals surface area contributed by atoms with Crippen LogP contribution in [0.5, 0.6) is 0 Å². The molecule has 0 fully saturated rings. The maximum absolute atomic E-state index is 13.3. The lowest BCUT2D eigenvalue weighted by molar-refractivity contribution is 0.102. The quantitative estimate of drug-likeness (QED) is 0.598. The summed E-state index contributed by atoms with van der Waals surface area (Å²) in [4.78, 5) is 45.2. The lowest BCUT2D eigenvalue weighted by Gasteiger charge is -2.15. The summed E-state index contributed by atoms with van der Waals surface area (Å²) in [5.41, 5.74) is 0.400. The van der Waals surface area contributed by atoms with Crippen molar-refractivity contribution in [2.24, 2.45) is 0 Å². The minimum absolute atomic E-state index is 0.0242. The first-order chi connectivity index (χ1) is 14.8. The molecule has 0 unspecified atom stereocenters. The fourth-order valence-electron chi connectivity index (χ4n) is 3.36. The van der Waals surface area contributed by atoms with Crippen molar-refractivity contribution in [2.75, 3.05) is 5.32 Å². The number of nitrogens with one attached hydrogen (secondary N) is 2. The van der Waals surface area contributed by atoms with Crippen LogP contribution in [0.25, 0.3) is 11.0 Å². The molecule has 1 amide bonds. The van der Waals surface area contributed by atoms with Crippen molar-refractivity contribution < 1.29 is 4.79 Å². The molecule has 31 heavy (non-hydrogen) atoms. The summed E-state index contributed by atoms with van der Waals surface area (Å²) in [7, 11) is 0. The monoisotopic (exact) mass is 423 g/mol. The van der Waals surface area contributed by atoms with Crippen LogP contribution in [0.15, 0.2) is 21.7 Å². The molecule has 2 N–H and O–H groups in total. The van der Waals surface area contributed by atoms with E-state index in [-0.39, 0.29) is 28.9 Å². The zero-order chi connectivity index (χ0) is 22.7. The van der Waals surface area contributed by atoms with Crippen molar-refractivity contribution >= 4 is 22.8 Å². The number of rotatable bonds is 7. The van der Waals surface area contributed by atoms with Crippen LogP contribution in [0.2, 0.25) is 0 Å². The molecule has 10 heteroatoms. The highest BCUT2D eigenvalue weighted by Gasteiger charge is 2.21. The molecule has 0 atom stereocenters. The number of fused-ring (bicyclic) bond motifs is 1. The second-order valence-electron chi connectivity index (χ2n) is 7.62. The largest absolute Gasteiger partial charge is 0.329 e. The number of hydrogen-bond donors (Lipinski definition) is 2. The van der Waals surface area contributed by atoms with Crippen molar-refractivity contribution in [1.82, 2.24) is 24.3 Å². The molecule has 0 aliphatic carbocycles. The van der Waals surface area contributed by atoms with Crippen molar-refractivity contribution in [3.8, 4) is 6.07 Å². The SMILES string of the molecule is CCCn1c(=O)[nH]c(=O)c2c(C(=O)Nc3cc(C)nn3CCC#N)cc(C(C)C)nc21. The molecular formula is C21H25N7O3. The zero-order valence-corrected chi connectivity index (χ0v) is 18.0. The van der Waals surface area contributed by atoms with Crippen LogP contribution in [-0.2, 0) is 13.1 Å². The maximum Gasteiger partial charge on any atom is 0.329 e. The Bertz CT molecular complexity index is 1290. The van der Waals surface area contributed by atoms with Gasteiger partial charge in [0.05, 0.1) is 35.7 Å². The van der Waals surface area contributed by atoms with E-state index in [1.54, 1.807) is 23.7 Å². The fourth-order valence-corrected chi connectivity index (χ4v) is 3.36. The number of aryl methyl sites for hydroxylation is 3. The average Bonchev–Trinajstić information content (AvgIpc) is 3.07. The average molecular weight is 423 g/mol. The maximum atomic E-state index is 13.3. The first-order valence-electron chi connectivity index (χ1n) is 10.2. The number of carbonyl (C=O) groups is 1. The molecular weight excluding hydrogens is 398 g/mol. The van der Waals surface area contributed by atoms with E-state index in [4.69, 9.17) is 5.26 Å². The number of nitrogens with zero attached hydrogens (tertiary/aromatic N) is 5. The number of H-pyrrole nitrogens is 1. The number of carbonyl (C=O) groups excluding carboxylic acids is 1. The number of amides is 1. The van der Waals surface area contributed by atoms with Crippen LogP contribution < -0.4 is 16.6 Å². The van der Waals surface area contributed by atoms with E-state index in [0.29, 0.717) is 36.7 Å². The summed E-state index contributed by atoms with van der Waals surface area (Å²) in [6.45, 7) is 8.23. The van der Waals surface area contributed by atoms with Gasteiger partial charge in [-0.15, -0.1) is 0 Å². The molecule has 3 heterocycles. The molecule has 10 nitrogen and oxygen atoms in total. The number of anilines is 1. The van der Waals surface area contributed by atoms with Gasteiger partial charge in [0.2, 0.25) is 0 Å². The second kappa shape index (κ2) is 8.95. The van der Waals surface area contributed by atoms with Crippen LogP contribution in [0, 0.1) is 18.3 Å². The lowest BCUT2D eigenvalue weighted by Crippen LogP contribution is -2.32. The topological polar surface area (TPSA) is 138 Å². The van der Waals surface area contributed by atoms with Gasteiger partial charge in [-0.3, -0.25) is 19.1 Å². The van der Waals surface area contributed by atoms with Gasteiger partial charge in [0, 0.05) is 18.3 Å². The minimum Gasteiger partial charge on any atom is -0.307 e. The van der Waals surface area contributed by atoms with Crippen molar-refractivity contribution in [3.63, 3.8) is 0 Å². The number of aromatic nitrogens is 5. The molecule has 162 valence electrons. The molecule has 0 saturated heterocycles. The highest BCUT2D eigenvalue weighted by Crippen LogP contribution is 2.21. The van der Waals surface area contributed by atoms with Gasteiger partial charge in [0.25, 0.3) is 11.5 Å². The molecule has 0 bridgehead atoms. The highest BCUT2D eigenvalue weighted by molar-refractivity contribution is 6.11. The molecule has 0 saturated carbocycles. The first-order valence-corrected chi connectivity index (χ1v) is 10.2. The van der Waals surface area contributed by atoms with E-state index in [1.165, 1.54) is 4.57 Å². The van der Waals surface area contributed by atoms with Crippen LogP contribution in [0.1, 0.15) is 61.3 Å². The van der Waals surface area contributed by atoms with Crippen molar-refractivity contribution in [2.45, 2.75) is 59.5 Å². The van der Waals surface area contributed by atoms with Gasteiger partial charge < -0.3 is 5.32 Å². The van der Waals surface area contributed by atoms with Gasteiger partial charge in [-0.05, 0) is 25.3 Å². The Labute approximate surface area is 178 Å². The summed E-state index contributed by atoms with van der Waals surface area (Å²) in [5, 5.41) is 16.0. The fraction of sp³-hybridized carbons (Fsp3) is 0.429. The third-order valence-corrected chi connectivity index (χ3v) is 4.83. The molecule has 0 aromatic carbocycles. The second-order valence-corrected chi connectivity index (χ2v) is 7.62. The lowest BCUT2D eigenvalue weighted by atomic mass is 10.0. The summed E-state index contributed by atoms with van der Waals surface area (Å²) < 4.78 is 2.93. The zero-order valence-electron chi connectivity index (χ0n) is 18.0. The highest BCUT2D eigenvalue weighted by atomic mass is 16.2. The van der Waals surface area contributed by atoms with Crippen molar-refractivity contribution in [1.29, 1.82) is 5.26 Å². The molecule has 3 aromatic rings. The number of nitriles is 1. The van der Waals surface area contributed by atoms with E-state index in [1.807, 2.05) is 20.8 Å². The van der Waals surface area contributed by atoms with Crippen LogP contribution in [0.4, 0.5) is 5.82 Å². The van der Waals surface area contributed by atoms with Crippen LogP contribution >= 0.6 is 0 Å². The Morgan fingerprint density at radius 2 is 2.03 bits per heavy atom. The first kappa shape index (κ1) is 22.0. The van der Waals surface area contributed by atoms with E-state index >= 15 is 0 Å². The summed E-state index contributed by atoms with van der Waals surface area (Å²) >= 11 is 0. The van der Waals surface area contributed by atoms with Gasteiger partial charge in [-0.25, -0.2) is 14.5 Å². The van der Waals surface area contributed by atoms with Gasteiger partial charge in [0.1, 0.15) is 5.82 Å².